The van der Waals surface area contributed by atoms with Gasteiger partial charge in [0, 0.05) is 43.7 Å². The predicted molar refractivity (Wildman–Crippen MR) is 98.4 cm³/mol. The van der Waals surface area contributed by atoms with Gasteiger partial charge in [-0.15, -0.1) is 0 Å². The van der Waals surface area contributed by atoms with Crippen LogP contribution in [0.3, 0.4) is 0 Å². The molecular formula is C18H24N4OS. The van der Waals surface area contributed by atoms with Gasteiger partial charge in [0.25, 0.3) is 0 Å². The minimum Gasteiger partial charge on any atom is -0.338 e. The minimum atomic E-state index is -0.0661. The summed E-state index contributed by atoms with van der Waals surface area (Å²) in [6, 6.07) is 10.6. The number of nitrogens with one attached hydrogen (secondary N) is 2. The zero-order valence-corrected chi connectivity index (χ0v) is 14.6. The van der Waals surface area contributed by atoms with E-state index in [1.807, 2.05) is 42.4 Å². The van der Waals surface area contributed by atoms with Crippen LogP contribution >= 0.6 is 11.8 Å². The Morgan fingerprint density at radius 2 is 2.21 bits per heavy atom. The van der Waals surface area contributed by atoms with Gasteiger partial charge < -0.3 is 15.2 Å². The van der Waals surface area contributed by atoms with Crippen molar-refractivity contribution >= 4 is 17.8 Å². The van der Waals surface area contributed by atoms with Gasteiger partial charge in [-0.25, -0.2) is 9.78 Å². The fourth-order valence-electron chi connectivity index (χ4n) is 2.87. The highest BCUT2D eigenvalue weighted by molar-refractivity contribution is 7.99. The summed E-state index contributed by atoms with van der Waals surface area (Å²) < 4.78 is 2.13. The van der Waals surface area contributed by atoms with Gasteiger partial charge in [-0.2, -0.15) is 11.8 Å². The van der Waals surface area contributed by atoms with Crippen molar-refractivity contribution in [3.63, 3.8) is 0 Å². The second kappa shape index (κ2) is 8.78. The number of thioether (sulfide) groups is 1. The molecule has 24 heavy (non-hydrogen) atoms. The van der Waals surface area contributed by atoms with Gasteiger partial charge in [-0.05, 0) is 24.2 Å². The van der Waals surface area contributed by atoms with Crippen molar-refractivity contribution in [2.24, 2.45) is 0 Å². The molecular weight excluding hydrogens is 320 g/mol. The first-order valence-corrected chi connectivity index (χ1v) is 9.63. The Balaban J connectivity index is 1.43. The Labute approximate surface area is 147 Å². The highest BCUT2D eigenvalue weighted by atomic mass is 32.2. The van der Waals surface area contributed by atoms with E-state index in [1.165, 1.54) is 17.7 Å². The van der Waals surface area contributed by atoms with E-state index in [1.54, 1.807) is 0 Å². The van der Waals surface area contributed by atoms with Gasteiger partial charge in [-0.3, -0.25) is 0 Å². The molecule has 2 amide bonds. The molecule has 1 aromatic heterocycles. The van der Waals surface area contributed by atoms with Crippen LogP contribution in [0.25, 0.3) is 0 Å². The SMILES string of the molecule is O=C(NCCc1nccn1Cc1ccccc1)NC1CCCSC1. The van der Waals surface area contributed by atoms with Crippen LogP contribution in [0.2, 0.25) is 0 Å². The molecule has 2 N–H and O–H groups in total. The van der Waals surface area contributed by atoms with Crippen molar-refractivity contribution in [3.8, 4) is 0 Å². The maximum absolute atomic E-state index is 12.0. The van der Waals surface area contributed by atoms with Crippen LogP contribution in [0.4, 0.5) is 4.79 Å². The standard InChI is InChI=1S/C18H24N4OS/c23-18(21-16-7-4-12-24-14-16)20-9-8-17-19-10-11-22(17)13-15-5-2-1-3-6-15/h1-3,5-6,10-11,16H,4,7-9,12-14H2,(H2,20,21,23). The van der Waals surface area contributed by atoms with E-state index < -0.39 is 0 Å². The van der Waals surface area contributed by atoms with Crippen molar-refractivity contribution in [2.75, 3.05) is 18.1 Å². The number of hydrogen-bond acceptors (Lipinski definition) is 3. The van der Waals surface area contributed by atoms with Gasteiger partial charge in [0.05, 0.1) is 0 Å². The van der Waals surface area contributed by atoms with Crippen molar-refractivity contribution in [2.45, 2.75) is 31.8 Å². The minimum absolute atomic E-state index is 0.0661. The first kappa shape index (κ1) is 16.9. The molecule has 3 rings (SSSR count). The average molecular weight is 344 g/mol. The summed E-state index contributed by atoms with van der Waals surface area (Å²) in [7, 11) is 0. The Bertz CT molecular complexity index is 637. The lowest BCUT2D eigenvalue weighted by atomic mass is 10.2. The molecule has 0 saturated carbocycles. The number of carbonyl (C=O) groups is 1. The summed E-state index contributed by atoms with van der Waals surface area (Å²) in [5, 5.41) is 6.00. The molecule has 1 atom stereocenters. The van der Waals surface area contributed by atoms with Crippen LogP contribution in [-0.4, -0.2) is 39.7 Å². The quantitative estimate of drug-likeness (QED) is 0.847. The zero-order chi connectivity index (χ0) is 16.6. The summed E-state index contributed by atoms with van der Waals surface area (Å²) in [5.74, 6) is 3.23. The topological polar surface area (TPSA) is 59.0 Å². The average Bonchev–Trinajstić information content (AvgIpc) is 3.04. The third-order valence-electron chi connectivity index (χ3n) is 4.13. The molecule has 6 heteroatoms. The largest absolute Gasteiger partial charge is 0.338 e. The fraction of sp³-hybridized carbons (Fsp3) is 0.444. The number of nitrogens with zero attached hydrogens (tertiary/aromatic N) is 2. The number of imidazole rings is 1. The van der Waals surface area contributed by atoms with Gasteiger partial charge in [0.2, 0.25) is 0 Å². The summed E-state index contributed by atoms with van der Waals surface area (Å²) in [6.45, 7) is 1.40. The van der Waals surface area contributed by atoms with E-state index >= 15 is 0 Å². The van der Waals surface area contributed by atoms with Crippen LogP contribution < -0.4 is 10.6 Å². The van der Waals surface area contributed by atoms with Crippen molar-refractivity contribution in [1.82, 2.24) is 20.2 Å². The lowest BCUT2D eigenvalue weighted by Crippen LogP contribution is -2.44. The molecule has 0 aliphatic carbocycles. The van der Waals surface area contributed by atoms with E-state index in [-0.39, 0.29) is 6.03 Å². The highest BCUT2D eigenvalue weighted by Gasteiger charge is 2.15. The van der Waals surface area contributed by atoms with Crippen LogP contribution in [0.1, 0.15) is 24.2 Å². The molecule has 1 aromatic carbocycles. The maximum Gasteiger partial charge on any atom is 0.315 e. The van der Waals surface area contributed by atoms with Gasteiger partial charge in [-0.1, -0.05) is 30.3 Å². The summed E-state index contributed by atoms with van der Waals surface area (Å²) in [4.78, 5) is 16.4. The van der Waals surface area contributed by atoms with Gasteiger partial charge >= 0.3 is 6.03 Å². The molecule has 2 heterocycles. The molecule has 128 valence electrons. The van der Waals surface area contributed by atoms with E-state index in [2.05, 4.69) is 32.3 Å². The number of benzene rings is 1. The number of carbonyl (C=O) groups excluding carboxylic acids is 1. The summed E-state index contributed by atoms with van der Waals surface area (Å²) in [5.41, 5.74) is 1.25. The first-order valence-electron chi connectivity index (χ1n) is 8.47. The van der Waals surface area contributed by atoms with Crippen LogP contribution in [0.15, 0.2) is 42.7 Å². The molecule has 0 bridgehead atoms. The van der Waals surface area contributed by atoms with E-state index in [0.29, 0.717) is 12.6 Å². The number of rotatable bonds is 6. The van der Waals surface area contributed by atoms with Gasteiger partial charge in [0.15, 0.2) is 0 Å². The second-order valence-electron chi connectivity index (χ2n) is 6.02. The fourth-order valence-corrected chi connectivity index (χ4v) is 3.94. The van der Waals surface area contributed by atoms with E-state index in [4.69, 9.17) is 0 Å². The number of hydrogen-bond donors (Lipinski definition) is 2. The highest BCUT2D eigenvalue weighted by Crippen LogP contribution is 2.16. The second-order valence-corrected chi connectivity index (χ2v) is 7.17. The smallest absolute Gasteiger partial charge is 0.315 e. The zero-order valence-electron chi connectivity index (χ0n) is 13.8. The summed E-state index contributed by atoms with van der Waals surface area (Å²) >= 11 is 1.91. The molecule has 0 radical (unpaired) electrons. The van der Waals surface area contributed by atoms with E-state index in [9.17, 15) is 4.79 Å². The van der Waals surface area contributed by atoms with Crippen molar-refractivity contribution in [1.29, 1.82) is 0 Å². The normalized spacial score (nSPS) is 17.4. The lowest BCUT2D eigenvalue weighted by molar-refractivity contribution is 0.237. The molecule has 0 spiro atoms. The van der Waals surface area contributed by atoms with Crippen molar-refractivity contribution < 1.29 is 4.79 Å². The maximum atomic E-state index is 12.0. The summed E-state index contributed by atoms with van der Waals surface area (Å²) in [6.07, 6.45) is 6.81. The number of aromatic nitrogens is 2. The molecule has 1 aliphatic heterocycles. The Morgan fingerprint density at radius 3 is 3.00 bits per heavy atom. The lowest BCUT2D eigenvalue weighted by Gasteiger charge is -2.22. The van der Waals surface area contributed by atoms with Gasteiger partial charge in [0.1, 0.15) is 5.82 Å². The molecule has 1 fully saturated rings. The van der Waals surface area contributed by atoms with Crippen molar-refractivity contribution in [3.05, 3.63) is 54.1 Å². The Morgan fingerprint density at radius 1 is 1.33 bits per heavy atom. The number of amides is 2. The monoisotopic (exact) mass is 344 g/mol. The molecule has 1 aliphatic rings. The Hall–Kier alpha value is -1.95. The molecule has 5 nitrogen and oxygen atoms in total. The third-order valence-corrected chi connectivity index (χ3v) is 5.34. The first-order chi connectivity index (χ1) is 11.8. The van der Waals surface area contributed by atoms with E-state index in [0.717, 1.165) is 31.0 Å². The van der Waals surface area contributed by atoms with Crippen LogP contribution in [0, 0.1) is 0 Å². The molecule has 2 aromatic rings. The van der Waals surface area contributed by atoms with Crippen LogP contribution in [-0.2, 0) is 13.0 Å². The van der Waals surface area contributed by atoms with Crippen LogP contribution in [0.5, 0.6) is 0 Å². The third kappa shape index (κ3) is 5.03. The Kier molecular flexibility index (Phi) is 6.18. The predicted octanol–water partition coefficient (Wildman–Crippen LogP) is 2.67. The molecule has 1 unspecified atom stereocenters. The number of urea groups is 1. The molecule has 1 saturated heterocycles.